The van der Waals surface area contributed by atoms with Crippen LogP contribution in [0.4, 0.5) is 23.4 Å². The molecule has 0 amide bonds. The Labute approximate surface area is 179 Å². The predicted octanol–water partition coefficient (Wildman–Crippen LogP) is 3.66. The molecule has 0 spiro atoms. The van der Waals surface area contributed by atoms with Gasteiger partial charge in [-0.2, -0.15) is 13.8 Å². The van der Waals surface area contributed by atoms with Gasteiger partial charge < -0.3 is 14.4 Å². The van der Waals surface area contributed by atoms with E-state index in [1.807, 2.05) is 11.9 Å². The van der Waals surface area contributed by atoms with Crippen molar-refractivity contribution in [2.75, 3.05) is 25.2 Å². The number of benzene rings is 1. The van der Waals surface area contributed by atoms with Gasteiger partial charge in [-0.25, -0.2) is 13.6 Å². The molecule has 2 aromatic heterocycles. The van der Waals surface area contributed by atoms with Gasteiger partial charge in [-0.3, -0.25) is 9.55 Å². The summed E-state index contributed by atoms with van der Waals surface area (Å²) in [6, 6.07) is 7.72. The molecule has 168 valence electrons. The number of hydrogen-bond donors (Lipinski definition) is 0. The third kappa shape index (κ3) is 4.36. The lowest BCUT2D eigenvalue weighted by Crippen LogP contribution is -2.22. The summed E-state index contributed by atoms with van der Waals surface area (Å²) in [6.07, 6.45) is 1.03. The second kappa shape index (κ2) is 8.48. The van der Waals surface area contributed by atoms with Crippen molar-refractivity contribution in [2.45, 2.75) is 19.1 Å². The molecule has 0 fully saturated rings. The van der Waals surface area contributed by atoms with E-state index in [0.717, 1.165) is 18.3 Å². The highest BCUT2D eigenvalue weighted by Gasteiger charge is 2.33. The summed E-state index contributed by atoms with van der Waals surface area (Å²) < 4.78 is 66.3. The second-order valence-electron chi connectivity index (χ2n) is 7.18. The van der Waals surface area contributed by atoms with Crippen molar-refractivity contribution >= 4 is 5.82 Å². The maximum atomic E-state index is 14.5. The molecule has 32 heavy (non-hydrogen) atoms. The number of pyridine rings is 1. The molecule has 11 heteroatoms. The van der Waals surface area contributed by atoms with E-state index >= 15 is 0 Å². The number of likely N-dealkylation sites (N-methyl/N-ethyl adjacent to an activating group) is 1. The van der Waals surface area contributed by atoms with Crippen molar-refractivity contribution < 1.29 is 27.0 Å². The van der Waals surface area contributed by atoms with Crippen LogP contribution in [0.5, 0.6) is 17.4 Å². The number of alkyl halides is 3. The van der Waals surface area contributed by atoms with Crippen LogP contribution in [0.1, 0.15) is 11.3 Å². The number of rotatable bonds is 7. The zero-order valence-corrected chi connectivity index (χ0v) is 16.9. The SMILES string of the molecule is CN1CCn2c1cc(OCc1ccc(Oc3ccnc(C(F)(F)CF)c3)c(F)c1)nc2=O. The maximum Gasteiger partial charge on any atom is 0.352 e. The van der Waals surface area contributed by atoms with Crippen LogP contribution >= 0.6 is 0 Å². The standard InChI is InChI=1S/C21H18F4N4O3/c1-28-6-7-29-19(28)10-18(27-20(29)30)31-11-13-2-3-16(15(23)8-13)32-14-4-5-26-17(9-14)21(24,25)12-22/h2-5,8-10H,6-7,11-12H2,1H3. The number of hydrogen-bond acceptors (Lipinski definition) is 6. The van der Waals surface area contributed by atoms with Gasteiger partial charge in [0.1, 0.15) is 23.9 Å². The molecule has 0 aliphatic carbocycles. The number of anilines is 1. The molecule has 7 nitrogen and oxygen atoms in total. The lowest BCUT2D eigenvalue weighted by Gasteiger charge is -2.14. The highest BCUT2D eigenvalue weighted by Crippen LogP contribution is 2.31. The summed E-state index contributed by atoms with van der Waals surface area (Å²) in [5.74, 6) is -4.05. The zero-order valence-electron chi connectivity index (χ0n) is 16.9. The minimum Gasteiger partial charge on any atom is -0.473 e. The normalized spacial score (nSPS) is 13.2. The van der Waals surface area contributed by atoms with Gasteiger partial charge >= 0.3 is 11.6 Å². The Morgan fingerprint density at radius 1 is 1.16 bits per heavy atom. The number of halogens is 4. The highest BCUT2D eigenvalue weighted by atomic mass is 19.3. The van der Waals surface area contributed by atoms with E-state index in [1.54, 1.807) is 6.07 Å². The molecule has 0 saturated heterocycles. The highest BCUT2D eigenvalue weighted by molar-refractivity contribution is 5.44. The quantitative estimate of drug-likeness (QED) is 0.512. The fraction of sp³-hybridized carbons (Fsp3) is 0.286. The maximum absolute atomic E-state index is 14.5. The van der Waals surface area contributed by atoms with Crippen LogP contribution in [0.2, 0.25) is 0 Å². The average molecular weight is 450 g/mol. The first-order valence-corrected chi connectivity index (χ1v) is 9.59. The summed E-state index contributed by atoms with van der Waals surface area (Å²) in [4.78, 5) is 21.3. The van der Waals surface area contributed by atoms with Gasteiger partial charge in [0.2, 0.25) is 5.88 Å². The average Bonchev–Trinajstić information content (AvgIpc) is 3.15. The molecule has 3 aromatic rings. The Kier molecular flexibility index (Phi) is 5.72. The number of nitrogens with zero attached hydrogens (tertiary/aromatic N) is 4. The Hall–Kier alpha value is -3.63. The fourth-order valence-corrected chi connectivity index (χ4v) is 3.18. The second-order valence-corrected chi connectivity index (χ2v) is 7.18. The zero-order chi connectivity index (χ0) is 22.9. The van der Waals surface area contributed by atoms with Crippen LogP contribution in [0.3, 0.4) is 0 Å². The van der Waals surface area contributed by atoms with E-state index in [0.29, 0.717) is 24.5 Å². The third-order valence-electron chi connectivity index (χ3n) is 4.90. The van der Waals surface area contributed by atoms with Crippen molar-refractivity contribution in [3.05, 3.63) is 70.2 Å². The smallest absolute Gasteiger partial charge is 0.352 e. The predicted molar refractivity (Wildman–Crippen MR) is 107 cm³/mol. The topological polar surface area (TPSA) is 69.5 Å². The van der Waals surface area contributed by atoms with Crippen LogP contribution in [0.15, 0.2) is 47.4 Å². The van der Waals surface area contributed by atoms with Gasteiger partial charge in [0.15, 0.2) is 18.2 Å². The first kappa shape index (κ1) is 21.6. The molecule has 0 atom stereocenters. The van der Waals surface area contributed by atoms with Crippen LogP contribution in [-0.2, 0) is 19.1 Å². The van der Waals surface area contributed by atoms with E-state index in [2.05, 4.69) is 9.97 Å². The third-order valence-corrected chi connectivity index (χ3v) is 4.90. The van der Waals surface area contributed by atoms with Gasteiger partial charge in [-0.15, -0.1) is 0 Å². The van der Waals surface area contributed by atoms with Gasteiger partial charge in [-0.05, 0) is 23.8 Å². The first-order chi connectivity index (χ1) is 15.3. The van der Waals surface area contributed by atoms with Crippen LogP contribution in [0.25, 0.3) is 0 Å². The number of ether oxygens (including phenoxy) is 2. The largest absolute Gasteiger partial charge is 0.473 e. The van der Waals surface area contributed by atoms with Crippen molar-refractivity contribution in [1.29, 1.82) is 0 Å². The van der Waals surface area contributed by atoms with Crippen molar-refractivity contribution in [2.24, 2.45) is 0 Å². The van der Waals surface area contributed by atoms with Crippen LogP contribution < -0.4 is 20.1 Å². The van der Waals surface area contributed by atoms with Gasteiger partial charge in [-0.1, -0.05) is 6.07 Å². The van der Waals surface area contributed by atoms with E-state index in [9.17, 15) is 22.4 Å². The molecule has 4 rings (SSSR count). The van der Waals surface area contributed by atoms with Gasteiger partial charge in [0.25, 0.3) is 0 Å². The van der Waals surface area contributed by atoms with Gasteiger partial charge in [0.05, 0.1) is 0 Å². The Bertz CT molecular complexity index is 1200. The Balaban J connectivity index is 1.46. The lowest BCUT2D eigenvalue weighted by molar-refractivity contribution is -0.0323. The molecule has 0 bridgehead atoms. The first-order valence-electron chi connectivity index (χ1n) is 9.59. The lowest BCUT2D eigenvalue weighted by atomic mass is 10.2. The molecular weight excluding hydrogens is 432 g/mol. The van der Waals surface area contributed by atoms with E-state index < -0.39 is 29.8 Å². The molecule has 1 aliphatic rings. The summed E-state index contributed by atoms with van der Waals surface area (Å²) >= 11 is 0. The summed E-state index contributed by atoms with van der Waals surface area (Å²) in [5, 5.41) is 0. The molecule has 0 unspecified atom stereocenters. The molecule has 1 aliphatic heterocycles. The monoisotopic (exact) mass is 450 g/mol. The minimum absolute atomic E-state index is 0.0566. The van der Waals surface area contributed by atoms with E-state index in [1.165, 1.54) is 22.8 Å². The fourth-order valence-electron chi connectivity index (χ4n) is 3.18. The van der Waals surface area contributed by atoms with E-state index in [-0.39, 0.29) is 24.0 Å². The van der Waals surface area contributed by atoms with Crippen molar-refractivity contribution in [1.82, 2.24) is 14.5 Å². The molecular formula is C21H18F4N4O3. The molecule has 0 N–H and O–H groups in total. The summed E-state index contributed by atoms with van der Waals surface area (Å²) in [6.45, 7) is -0.722. The van der Waals surface area contributed by atoms with Crippen LogP contribution in [-0.4, -0.2) is 34.8 Å². The van der Waals surface area contributed by atoms with E-state index in [4.69, 9.17) is 9.47 Å². The van der Waals surface area contributed by atoms with Crippen LogP contribution in [0, 0.1) is 5.82 Å². The van der Waals surface area contributed by atoms with Gasteiger partial charge in [0, 0.05) is 38.5 Å². The number of aromatic nitrogens is 3. The number of fused-ring (bicyclic) bond motifs is 1. The summed E-state index contributed by atoms with van der Waals surface area (Å²) in [5.41, 5.74) is -0.803. The minimum atomic E-state index is -3.76. The Morgan fingerprint density at radius 3 is 2.72 bits per heavy atom. The Morgan fingerprint density at radius 2 is 1.97 bits per heavy atom. The molecule has 0 saturated carbocycles. The van der Waals surface area contributed by atoms with Crippen molar-refractivity contribution in [3.63, 3.8) is 0 Å². The molecule has 1 aromatic carbocycles. The summed E-state index contributed by atoms with van der Waals surface area (Å²) in [7, 11) is 1.85. The molecule has 3 heterocycles. The molecule has 0 radical (unpaired) electrons. The van der Waals surface area contributed by atoms with Crippen molar-refractivity contribution in [3.8, 4) is 17.4 Å².